The van der Waals surface area contributed by atoms with E-state index in [1.54, 1.807) is 25.4 Å². The highest BCUT2D eigenvalue weighted by molar-refractivity contribution is 5.93. The summed E-state index contributed by atoms with van der Waals surface area (Å²) in [7, 11) is 1.79. The van der Waals surface area contributed by atoms with Gasteiger partial charge in [-0.25, -0.2) is 4.98 Å². The number of carbonyl (C=O) groups excluding carboxylic acids is 1. The number of amides is 1. The largest absolute Gasteiger partial charge is 0.373 e. The molecule has 2 N–H and O–H groups in total. The van der Waals surface area contributed by atoms with E-state index < -0.39 is 0 Å². The van der Waals surface area contributed by atoms with Gasteiger partial charge in [-0.15, -0.1) is 0 Å². The molecule has 20 heavy (non-hydrogen) atoms. The lowest BCUT2D eigenvalue weighted by atomic mass is 10.1. The van der Waals surface area contributed by atoms with E-state index in [-0.39, 0.29) is 5.91 Å². The first-order valence-electron chi connectivity index (χ1n) is 6.72. The first-order chi connectivity index (χ1) is 9.72. The normalized spacial score (nSPS) is 10.1. The Kier molecular flexibility index (Phi) is 4.71. The maximum atomic E-state index is 12.0. The van der Waals surface area contributed by atoms with Crippen LogP contribution in [-0.2, 0) is 13.0 Å². The molecule has 0 bridgehead atoms. The molecule has 4 nitrogen and oxygen atoms in total. The Morgan fingerprint density at radius 1 is 1.10 bits per heavy atom. The van der Waals surface area contributed by atoms with E-state index in [1.165, 1.54) is 5.56 Å². The standard InChI is InChI=1S/C16H19N3O/c1-3-12-4-6-13(7-5-12)10-19-16(20)14-8-9-15(17-2)18-11-14/h4-9,11H,3,10H2,1-2H3,(H,17,18)(H,19,20). The summed E-state index contributed by atoms with van der Waals surface area (Å²) in [5, 5.41) is 5.81. The van der Waals surface area contributed by atoms with Crippen molar-refractivity contribution in [2.75, 3.05) is 12.4 Å². The molecule has 0 aliphatic carbocycles. The number of pyridine rings is 1. The summed E-state index contributed by atoms with van der Waals surface area (Å²) >= 11 is 0. The molecule has 0 saturated carbocycles. The zero-order valence-electron chi connectivity index (χ0n) is 11.8. The van der Waals surface area contributed by atoms with Crippen LogP contribution in [0.4, 0.5) is 5.82 Å². The number of aryl methyl sites for hydroxylation is 1. The Balaban J connectivity index is 1.93. The van der Waals surface area contributed by atoms with Gasteiger partial charge in [0, 0.05) is 19.8 Å². The molecule has 1 aromatic carbocycles. The van der Waals surface area contributed by atoms with Gasteiger partial charge in [-0.2, -0.15) is 0 Å². The molecule has 0 atom stereocenters. The fourth-order valence-electron chi connectivity index (χ4n) is 1.85. The minimum atomic E-state index is -0.111. The number of nitrogens with zero attached hydrogens (tertiary/aromatic N) is 1. The first kappa shape index (κ1) is 14.1. The molecule has 2 aromatic rings. The average Bonchev–Trinajstić information content (AvgIpc) is 2.53. The fraction of sp³-hybridized carbons (Fsp3) is 0.250. The maximum Gasteiger partial charge on any atom is 0.253 e. The second kappa shape index (κ2) is 6.70. The third-order valence-electron chi connectivity index (χ3n) is 3.17. The van der Waals surface area contributed by atoms with Crippen molar-refractivity contribution in [2.45, 2.75) is 19.9 Å². The van der Waals surface area contributed by atoms with E-state index in [2.05, 4.69) is 34.7 Å². The van der Waals surface area contributed by atoms with Gasteiger partial charge in [0.05, 0.1) is 5.56 Å². The molecule has 0 radical (unpaired) electrons. The number of nitrogens with one attached hydrogen (secondary N) is 2. The number of carbonyl (C=O) groups is 1. The lowest BCUT2D eigenvalue weighted by molar-refractivity contribution is 0.0950. The maximum absolute atomic E-state index is 12.0. The van der Waals surface area contributed by atoms with E-state index in [4.69, 9.17) is 0 Å². The number of anilines is 1. The van der Waals surface area contributed by atoms with Gasteiger partial charge >= 0.3 is 0 Å². The number of benzene rings is 1. The minimum absolute atomic E-state index is 0.111. The highest BCUT2D eigenvalue weighted by Crippen LogP contribution is 2.06. The van der Waals surface area contributed by atoms with Crippen LogP contribution in [0.1, 0.15) is 28.4 Å². The number of rotatable bonds is 5. The Labute approximate surface area is 119 Å². The molecular weight excluding hydrogens is 250 g/mol. The molecule has 0 unspecified atom stereocenters. The average molecular weight is 269 g/mol. The SMILES string of the molecule is CCc1ccc(CNC(=O)c2ccc(NC)nc2)cc1. The van der Waals surface area contributed by atoms with Gasteiger partial charge < -0.3 is 10.6 Å². The quantitative estimate of drug-likeness (QED) is 0.877. The molecule has 0 saturated heterocycles. The van der Waals surface area contributed by atoms with E-state index in [9.17, 15) is 4.79 Å². The Morgan fingerprint density at radius 3 is 2.35 bits per heavy atom. The lowest BCUT2D eigenvalue weighted by Gasteiger charge is -2.06. The first-order valence-corrected chi connectivity index (χ1v) is 6.72. The van der Waals surface area contributed by atoms with Crippen molar-refractivity contribution in [1.82, 2.24) is 10.3 Å². The third kappa shape index (κ3) is 3.57. The van der Waals surface area contributed by atoms with Crippen molar-refractivity contribution in [3.05, 3.63) is 59.3 Å². The van der Waals surface area contributed by atoms with Crippen LogP contribution in [0.25, 0.3) is 0 Å². The van der Waals surface area contributed by atoms with Gasteiger partial charge in [0.2, 0.25) is 0 Å². The lowest BCUT2D eigenvalue weighted by Crippen LogP contribution is -2.22. The zero-order chi connectivity index (χ0) is 14.4. The van der Waals surface area contributed by atoms with Crippen LogP contribution >= 0.6 is 0 Å². The van der Waals surface area contributed by atoms with Crippen molar-refractivity contribution in [2.24, 2.45) is 0 Å². The number of hydrogen-bond acceptors (Lipinski definition) is 3. The minimum Gasteiger partial charge on any atom is -0.373 e. The van der Waals surface area contributed by atoms with Gasteiger partial charge in [0.25, 0.3) is 5.91 Å². The number of aromatic nitrogens is 1. The predicted octanol–water partition coefficient (Wildman–Crippen LogP) is 2.62. The summed E-state index contributed by atoms with van der Waals surface area (Å²) in [5.41, 5.74) is 2.96. The van der Waals surface area contributed by atoms with Gasteiger partial charge in [-0.1, -0.05) is 31.2 Å². The molecule has 1 amide bonds. The molecule has 1 heterocycles. The van der Waals surface area contributed by atoms with E-state index in [0.29, 0.717) is 12.1 Å². The van der Waals surface area contributed by atoms with Crippen LogP contribution in [0.5, 0.6) is 0 Å². The molecule has 0 aliphatic heterocycles. The number of hydrogen-bond donors (Lipinski definition) is 2. The monoisotopic (exact) mass is 269 g/mol. The van der Waals surface area contributed by atoms with E-state index in [1.807, 2.05) is 12.1 Å². The van der Waals surface area contributed by atoms with Crippen molar-refractivity contribution < 1.29 is 4.79 Å². The van der Waals surface area contributed by atoms with Crippen LogP contribution in [-0.4, -0.2) is 17.9 Å². The topological polar surface area (TPSA) is 54.0 Å². The van der Waals surface area contributed by atoms with Gasteiger partial charge in [0.1, 0.15) is 5.82 Å². The molecule has 4 heteroatoms. The summed E-state index contributed by atoms with van der Waals surface area (Å²) in [6.07, 6.45) is 2.59. The van der Waals surface area contributed by atoms with Gasteiger partial charge in [-0.3, -0.25) is 4.79 Å². The zero-order valence-corrected chi connectivity index (χ0v) is 11.8. The Bertz CT molecular complexity index is 561. The van der Waals surface area contributed by atoms with Crippen LogP contribution in [0.2, 0.25) is 0 Å². The Morgan fingerprint density at radius 2 is 1.80 bits per heavy atom. The van der Waals surface area contributed by atoms with Crippen LogP contribution in [0.15, 0.2) is 42.6 Å². The van der Waals surface area contributed by atoms with E-state index >= 15 is 0 Å². The van der Waals surface area contributed by atoms with Gasteiger partial charge in [-0.05, 0) is 29.7 Å². The molecular formula is C16H19N3O. The second-order valence-corrected chi connectivity index (χ2v) is 4.53. The summed E-state index contributed by atoms with van der Waals surface area (Å²) in [4.78, 5) is 16.1. The summed E-state index contributed by atoms with van der Waals surface area (Å²) in [5.74, 6) is 0.636. The molecule has 0 spiro atoms. The third-order valence-corrected chi connectivity index (χ3v) is 3.17. The van der Waals surface area contributed by atoms with Crippen molar-refractivity contribution >= 4 is 11.7 Å². The summed E-state index contributed by atoms with van der Waals surface area (Å²) in [6.45, 7) is 2.65. The highest BCUT2D eigenvalue weighted by Gasteiger charge is 2.05. The molecule has 1 aromatic heterocycles. The van der Waals surface area contributed by atoms with Crippen LogP contribution < -0.4 is 10.6 Å². The van der Waals surface area contributed by atoms with Crippen molar-refractivity contribution in [3.8, 4) is 0 Å². The summed E-state index contributed by atoms with van der Waals surface area (Å²) < 4.78 is 0. The second-order valence-electron chi connectivity index (χ2n) is 4.53. The van der Waals surface area contributed by atoms with Crippen molar-refractivity contribution in [3.63, 3.8) is 0 Å². The molecule has 0 fully saturated rings. The van der Waals surface area contributed by atoms with Crippen molar-refractivity contribution in [1.29, 1.82) is 0 Å². The van der Waals surface area contributed by atoms with Crippen LogP contribution in [0, 0.1) is 0 Å². The smallest absolute Gasteiger partial charge is 0.253 e. The predicted molar refractivity (Wildman–Crippen MR) is 80.8 cm³/mol. The van der Waals surface area contributed by atoms with Gasteiger partial charge in [0.15, 0.2) is 0 Å². The fourth-order valence-corrected chi connectivity index (χ4v) is 1.85. The molecule has 104 valence electrons. The summed E-state index contributed by atoms with van der Waals surface area (Å²) in [6, 6.07) is 11.8. The van der Waals surface area contributed by atoms with E-state index in [0.717, 1.165) is 17.8 Å². The molecule has 0 aliphatic rings. The van der Waals surface area contributed by atoms with Crippen LogP contribution in [0.3, 0.4) is 0 Å². The highest BCUT2D eigenvalue weighted by atomic mass is 16.1. The molecule has 2 rings (SSSR count). The Hall–Kier alpha value is -2.36.